The van der Waals surface area contributed by atoms with Gasteiger partial charge in [0.1, 0.15) is 11.5 Å². The van der Waals surface area contributed by atoms with Crippen molar-refractivity contribution >= 4 is 12.6 Å². The molecule has 0 spiro atoms. The van der Waals surface area contributed by atoms with Crippen molar-refractivity contribution in [2.75, 3.05) is 7.11 Å². The van der Waals surface area contributed by atoms with Crippen LogP contribution in [0.5, 0.6) is 11.5 Å². The summed E-state index contributed by atoms with van der Waals surface area (Å²) >= 11 is 0. The zero-order valence-corrected chi connectivity index (χ0v) is 9.10. The zero-order chi connectivity index (χ0) is 11.4. The lowest BCUT2D eigenvalue weighted by Crippen LogP contribution is -2.32. The average molecular weight is 210 g/mol. The Morgan fingerprint density at radius 1 is 1.27 bits per heavy atom. The van der Waals surface area contributed by atoms with E-state index in [2.05, 4.69) is 0 Å². The van der Waals surface area contributed by atoms with Crippen molar-refractivity contribution in [2.45, 2.75) is 20.0 Å². The third-order valence-electron chi connectivity index (χ3n) is 1.86. The molecular formula is C10H15BO4. The molecule has 0 aromatic heterocycles. The summed E-state index contributed by atoms with van der Waals surface area (Å²) in [4.78, 5) is 0. The van der Waals surface area contributed by atoms with Gasteiger partial charge in [0.2, 0.25) is 0 Å². The highest BCUT2D eigenvalue weighted by atomic mass is 16.5. The van der Waals surface area contributed by atoms with Crippen molar-refractivity contribution in [1.29, 1.82) is 0 Å². The summed E-state index contributed by atoms with van der Waals surface area (Å²) < 4.78 is 10.5. The largest absolute Gasteiger partial charge is 0.497 e. The molecule has 0 heterocycles. The third-order valence-corrected chi connectivity index (χ3v) is 1.86. The lowest BCUT2D eigenvalue weighted by molar-refractivity contribution is 0.242. The van der Waals surface area contributed by atoms with E-state index in [-0.39, 0.29) is 6.10 Å². The Bertz CT molecular complexity index is 325. The van der Waals surface area contributed by atoms with Crippen LogP contribution in [0.1, 0.15) is 13.8 Å². The van der Waals surface area contributed by atoms with Crippen molar-refractivity contribution in [3.63, 3.8) is 0 Å². The second-order valence-electron chi connectivity index (χ2n) is 3.44. The summed E-state index contributed by atoms with van der Waals surface area (Å²) in [6.07, 6.45) is -0.0328. The van der Waals surface area contributed by atoms with Crippen molar-refractivity contribution in [1.82, 2.24) is 0 Å². The summed E-state index contributed by atoms with van der Waals surface area (Å²) in [5, 5.41) is 18.2. The summed E-state index contributed by atoms with van der Waals surface area (Å²) in [7, 11) is 0.00782. The molecule has 0 aliphatic heterocycles. The minimum Gasteiger partial charge on any atom is -0.497 e. The molecule has 82 valence electrons. The number of methoxy groups -OCH3 is 1. The van der Waals surface area contributed by atoms with Crippen molar-refractivity contribution < 1.29 is 19.5 Å². The van der Waals surface area contributed by atoms with Gasteiger partial charge in [0.05, 0.1) is 13.2 Å². The highest BCUT2D eigenvalue weighted by Gasteiger charge is 2.18. The molecule has 0 aliphatic carbocycles. The molecule has 0 unspecified atom stereocenters. The van der Waals surface area contributed by atoms with Gasteiger partial charge in [-0.3, -0.25) is 0 Å². The van der Waals surface area contributed by atoms with Crippen LogP contribution in [0.3, 0.4) is 0 Å². The first-order chi connectivity index (χ1) is 7.04. The first-order valence-electron chi connectivity index (χ1n) is 4.75. The van der Waals surface area contributed by atoms with E-state index in [0.29, 0.717) is 17.0 Å². The van der Waals surface area contributed by atoms with Gasteiger partial charge in [-0.05, 0) is 19.9 Å². The highest BCUT2D eigenvalue weighted by Crippen LogP contribution is 2.18. The molecule has 0 atom stereocenters. The molecule has 4 nitrogen and oxygen atoms in total. The molecule has 1 rings (SSSR count). The summed E-state index contributed by atoms with van der Waals surface area (Å²) in [5.74, 6) is 1.05. The van der Waals surface area contributed by atoms with E-state index in [1.165, 1.54) is 0 Å². The Morgan fingerprint density at radius 2 is 1.93 bits per heavy atom. The number of benzene rings is 1. The first-order valence-corrected chi connectivity index (χ1v) is 4.75. The second kappa shape index (κ2) is 5.05. The van der Waals surface area contributed by atoms with Gasteiger partial charge in [0, 0.05) is 11.5 Å². The van der Waals surface area contributed by atoms with Crippen LogP contribution < -0.4 is 14.9 Å². The minimum absolute atomic E-state index is 0.0328. The lowest BCUT2D eigenvalue weighted by atomic mass is 9.79. The maximum atomic E-state index is 9.12. The van der Waals surface area contributed by atoms with E-state index >= 15 is 0 Å². The van der Waals surface area contributed by atoms with Crippen LogP contribution in [0.2, 0.25) is 0 Å². The molecule has 0 saturated heterocycles. The topological polar surface area (TPSA) is 58.9 Å². The smallest absolute Gasteiger partial charge is 0.492 e. The Hall–Kier alpha value is -1.20. The van der Waals surface area contributed by atoms with Gasteiger partial charge in [0.25, 0.3) is 0 Å². The highest BCUT2D eigenvalue weighted by molar-refractivity contribution is 6.59. The van der Waals surface area contributed by atoms with Gasteiger partial charge in [-0.15, -0.1) is 0 Å². The van der Waals surface area contributed by atoms with E-state index < -0.39 is 7.12 Å². The summed E-state index contributed by atoms with van der Waals surface area (Å²) in [6, 6.07) is 4.86. The Labute approximate surface area is 89.6 Å². The number of rotatable bonds is 4. The molecule has 0 radical (unpaired) electrons. The Balaban J connectivity index is 3.05. The van der Waals surface area contributed by atoms with Crippen LogP contribution >= 0.6 is 0 Å². The molecule has 1 aromatic carbocycles. The van der Waals surface area contributed by atoms with Gasteiger partial charge >= 0.3 is 7.12 Å². The van der Waals surface area contributed by atoms with Crippen LogP contribution in [0.4, 0.5) is 0 Å². The SMILES string of the molecule is COc1ccc(B(O)O)c(OC(C)C)c1. The quantitative estimate of drug-likeness (QED) is 0.695. The first kappa shape index (κ1) is 11.9. The van der Waals surface area contributed by atoms with Crippen LogP contribution in [0.25, 0.3) is 0 Å². The number of hydrogen-bond acceptors (Lipinski definition) is 4. The second-order valence-corrected chi connectivity index (χ2v) is 3.44. The van der Waals surface area contributed by atoms with Crippen LogP contribution in [0, 0.1) is 0 Å². The molecule has 5 heteroatoms. The van der Waals surface area contributed by atoms with E-state index in [4.69, 9.17) is 19.5 Å². The third kappa shape index (κ3) is 3.14. The van der Waals surface area contributed by atoms with E-state index in [1.807, 2.05) is 13.8 Å². The molecule has 2 N–H and O–H groups in total. The van der Waals surface area contributed by atoms with E-state index in [9.17, 15) is 0 Å². The molecular weight excluding hydrogens is 195 g/mol. The van der Waals surface area contributed by atoms with Gasteiger partial charge in [-0.2, -0.15) is 0 Å². The monoisotopic (exact) mass is 210 g/mol. The minimum atomic E-state index is -1.54. The van der Waals surface area contributed by atoms with Gasteiger partial charge < -0.3 is 19.5 Å². The van der Waals surface area contributed by atoms with Crippen molar-refractivity contribution in [2.24, 2.45) is 0 Å². The average Bonchev–Trinajstić information content (AvgIpc) is 2.16. The summed E-state index contributed by atoms with van der Waals surface area (Å²) in [5.41, 5.74) is 0.337. The Kier molecular flexibility index (Phi) is 4.00. The molecule has 0 saturated carbocycles. The van der Waals surface area contributed by atoms with Crippen LogP contribution in [-0.2, 0) is 0 Å². The molecule has 1 aromatic rings. The van der Waals surface area contributed by atoms with E-state index in [0.717, 1.165) is 0 Å². The molecule has 0 fully saturated rings. The maximum Gasteiger partial charge on any atom is 0.492 e. The lowest BCUT2D eigenvalue weighted by Gasteiger charge is -2.14. The predicted octanol–water partition coefficient (Wildman–Crippen LogP) is 0.162. The fraction of sp³-hybridized carbons (Fsp3) is 0.400. The molecule has 15 heavy (non-hydrogen) atoms. The standard InChI is InChI=1S/C10H15BO4/c1-7(2)15-10-6-8(14-3)4-5-9(10)11(12)13/h4-7,12-13H,1-3H3. The van der Waals surface area contributed by atoms with E-state index in [1.54, 1.807) is 25.3 Å². The zero-order valence-electron chi connectivity index (χ0n) is 9.10. The predicted molar refractivity (Wildman–Crippen MR) is 58.6 cm³/mol. The fourth-order valence-electron chi connectivity index (χ4n) is 1.21. The Morgan fingerprint density at radius 3 is 2.40 bits per heavy atom. The van der Waals surface area contributed by atoms with Crippen LogP contribution in [0.15, 0.2) is 18.2 Å². The van der Waals surface area contributed by atoms with Crippen LogP contribution in [-0.4, -0.2) is 30.4 Å². The van der Waals surface area contributed by atoms with Gasteiger partial charge in [-0.25, -0.2) is 0 Å². The van der Waals surface area contributed by atoms with Crippen molar-refractivity contribution in [3.8, 4) is 11.5 Å². The molecule has 0 amide bonds. The van der Waals surface area contributed by atoms with Gasteiger partial charge in [0.15, 0.2) is 0 Å². The molecule has 0 bridgehead atoms. The number of hydrogen-bond donors (Lipinski definition) is 2. The summed E-state index contributed by atoms with van der Waals surface area (Å²) in [6.45, 7) is 3.74. The van der Waals surface area contributed by atoms with Gasteiger partial charge in [-0.1, -0.05) is 6.07 Å². The fourth-order valence-corrected chi connectivity index (χ4v) is 1.21. The normalized spacial score (nSPS) is 10.3. The van der Waals surface area contributed by atoms with Crippen molar-refractivity contribution in [3.05, 3.63) is 18.2 Å². The maximum absolute atomic E-state index is 9.12. The number of ether oxygens (including phenoxy) is 2. The molecule has 0 aliphatic rings.